The molecule has 2 aliphatic heterocycles. The third kappa shape index (κ3) is 4.18. The highest BCUT2D eigenvalue weighted by Crippen LogP contribution is 2.44. The molecule has 0 unspecified atom stereocenters. The predicted octanol–water partition coefficient (Wildman–Crippen LogP) is 3.55. The first kappa shape index (κ1) is 24.4. The Hall–Kier alpha value is -3.92. The molecule has 0 radical (unpaired) electrons. The monoisotopic (exact) mass is 521 g/mol. The van der Waals surface area contributed by atoms with Crippen LogP contribution in [0.4, 0.5) is 14.9 Å². The van der Waals surface area contributed by atoms with E-state index in [-0.39, 0.29) is 30.2 Å². The van der Waals surface area contributed by atoms with Crippen molar-refractivity contribution in [2.45, 2.75) is 44.4 Å². The third-order valence-electron chi connectivity index (χ3n) is 7.75. The lowest BCUT2D eigenvalue weighted by Gasteiger charge is -2.35. The van der Waals surface area contributed by atoms with Gasteiger partial charge < -0.3 is 19.5 Å². The van der Waals surface area contributed by atoms with Crippen LogP contribution in [0, 0.1) is 12.7 Å². The zero-order valence-electron chi connectivity index (χ0n) is 20.9. The third-order valence-corrected chi connectivity index (χ3v) is 7.75. The summed E-state index contributed by atoms with van der Waals surface area (Å²) in [6.45, 7) is 3.36. The standard InChI is InChI=1S/C28H28FN3O6/c1-16-24-19(18-7-8-18)11-20(27(34)35)26(33)32(24)12-21(29)25(16)30-13-22-23(14-30)37-10-9-31(22)28(36)38-15-17-5-3-2-4-6-17/h2-6,11-12,18,22-23H,7-10,13-15H2,1H3,(H,34,35)/t22-,23-/m1/s1. The van der Waals surface area contributed by atoms with Crippen LogP contribution in [0.15, 0.2) is 47.4 Å². The normalized spacial score (nSPS) is 21.0. The predicted molar refractivity (Wildman–Crippen MR) is 136 cm³/mol. The van der Waals surface area contributed by atoms with Crippen LogP contribution < -0.4 is 10.5 Å². The van der Waals surface area contributed by atoms with Gasteiger partial charge in [-0.3, -0.25) is 14.1 Å². The summed E-state index contributed by atoms with van der Waals surface area (Å²) in [6.07, 6.45) is 2.12. The molecule has 9 nitrogen and oxygen atoms in total. The van der Waals surface area contributed by atoms with Gasteiger partial charge in [0, 0.05) is 19.6 Å². The summed E-state index contributed by atoms with van der Waals surface area (Å²) in [5.74, 6) is -1.81. The van der Waals surface area contributed by atoms with Crippen LogP contribution in [0.2, 0.25) is 0 Å². The van der Waals surface area contributed by atoms with E-state index in [9.17, 15) is 19.5 Å². The summed E-state index contributed by atoms with van der Waals surface area (Å²) >= 11 is 0. The molecule has 1 aliphatic carbocycles. The molecule has 38 heavy (non-hydrogen) atoms. The molecular weight excluding hydrogens is 493 g/mol. The first-order valence-corrected chi connectivity index (χ1v) is 12.8. The number of ether oxygens (including phenoxy) is 2. The number of benzene rings is 1. The Balaban J connectivity index is 1.31. The van der Waals surface area contributed by atoms with Gasteiger partial charge in [-0.2, -0.15) is 0 Å². The molecule has 4 heterocycles. The van der Waals surface area contributed by atoms with Crippen molar-refractivity contribution in [3.8, 4) is 0 Å². The first-order chi connectivity index (χ1) is 18.3. The van der Waals surface area contributed by atoms with Gasteiger partial charge in [0.25, 0.3) is 5.56 Å². The Kier molecular flexibility index (Phi) is 6.06. The number of fused-ring (bicyclic) bond motifs is 2. The van der Waals surface area contributed by atoms with E-state index in [0.29, 0.717) is 43.0 Å². The molecule has 10 heteroatoms. The zero-order chi connectivity index (χ0) is 26.6. The number of aromatic carboxylic acids is 1. The van der Waals surface area contributed by atoms with Crippen molar-refractivity contribution >= 4 is 23.3 Å². The highest BCUT2D eigenvalue weighted by Gasteiger charge is 2.44. The van der Waals surface area contributed by atoms with Crippen molar-refractivity contribution in [1.82, 2.24) is 9.30 Å². The highest BCUT2D eigenvalue weighted by atomic mass is 19.1. The topological polar surface area (TPSA) is 101 Å². The summed E-state index contributed by atoms with van der Waals surface area (Å²) in [4.78, 5) is 41.1. The quantitative estimate of drug-likeness (QED) is 0.548. The zero-order valence-corrected chi connectivity index (χ0v) is 20.9. The fourth-order valence-corrected chi connectivity index (χ4v) is 5.79. The van der Waals surface area contributed by atoms with E-state index >= 15 is 4.39 Å². The Morgan fingerprint density at radius 1 is 1.18 bits per heavy atom. The number of rotatable bonds is 5. The fraction of sp³-hybridized carbons (Fsp3) is 0.393. The first-order valence-electron chi connectivity index (χ1n) is 12.8. The van der Waals surface area contributed by atoms with Crippen molar-refractivity contribution in [3.05, 3.63) is 81.0 Å². The maximum Gasteiger partial charge on any atom is 0.410 e. The molecule has 0 spiro atoms. The Morgan fingerprint density at radius 3 is 2.66 bits per heavy atom. The van der Waals surface area contributed by atoms with E-state index in [4.69, 9.17) is 9.47 Å². The summed E-state index contributed by atoms with van der Waals surface area (Å²) < 4.78 is 28.3. The van der Waals surface area contributed by atoms with E-state index in [0.717, 1.165) is 34.6 Å². The average molecular weight is 522 g/mol. The van der Waals surface area contributed by atoms with Gasteiger partial charge in [-0.15, -0.1) is 0 Å². The van der Waals surface area contributed by atoms with Crippen LogP contribution in [-0.2, 0) is 16.1 Å². The Labute approximate surface area is 218 Å². The van der Waals surface area contributed by atoms with Gasteiger partial charge in [0.15, 0.2) is 5.82 Å². The lowest BCUT2D eigenvalue weighted by Crippen LogP contribution is -2.53. The average Bonchev–Trinajstić information content (AvgIpc) is 3.66. The molecular formula is C28H28FN3O6. The minimum absolute atomic E-state index is 0.139. The summed E-state index contributed by atoms with van der Waals surface area (Å²) in [5, 5.41) is 9.54. The number of carbonyl (C=O) groups is 2. The summed E-state index contributed by atoms with van der Waals surface area (Å²) in [7, 11) is 0. The number of carboxylic acid groups (broad SMARTS) is 1. The van der Waals surface area contributed by atoms with Gasteiger partial charge in [-0.25, -0.2) is 14.0 Å². The second-order valence-corrected chi connectivity index (χ2v) is 10.2. The molecule has 2 atom stereocenters. The van der Waals surface area contributed by atoms with Gasteiger partial charge >= 0.3 is 12.1 Å². The van der Waals surface area contributed by atoms with Gasteiger partial charge in [-0.05, 0) is 48.4 Å². The molecule has 0 bridgehead atoms. The van der Waals surface area contributed by atoms with E-state index < -0.39 is 23.4 Å². The molecule has 2 aromatic heterocycles. The number of carbonyl (C=O) groups excluding carboxylic acids is 1. The van der Waals surface area contributed by atoms with Crippen molar-refractivity contribution in [3.63, 3.8) is 0 Å². The number of halogens is 1. The van der Waals surface area contributed by atoms with Gasteiger partial charge in [0.2, 0.25) is 0 Å². The maximum atomic E-state index is 15.6. The van der Waals surface area contributed by atoms with Gasteiger partial charge in [-0.1, -0.05) is 30.3 Å². The molecule has 3 aromatic rings. The van der Waals surface area contributed by atoms with E-state index in [2.05, 4.69) is 0 Å². The number of morpholine rings is 1. The molecule has 6 rings (SSSR count). The number of aromatic nitrogens is 1. The SMILES string of the molecule is Cc1c(N2C[C@@H]3[C@@H](C2)OCCN3C(=O)OCc2ccccc2)c(F)cn2c(=O)c(C(=O)O)cc(C3CC3)c12. The van der Waals surface area contributed by atoms with Gasteiger partial charge in [0.05, 0.1) is 36.2 Å². The van der Waals surface area contributed by atoms with Crippen LogP contribution in [0.5, 0.6) is 0 Å². The fourth-order valence-electron chi connectivity index (χ4n) is 5.79. The number of pyridine rings is 2. The molecule has 3 fully saturated rings. The molecule has 198 valence electrons. The molecule has 2 saturated heterocycles. The van der Waals surface area contributed by atoms with Crippen LogP contribution in [-0.4, -0.2) is 64.9 Å². The minimum Gasteiger partial charge on any atom is -0.477 e. The largest absolute Gasteiger partial charge is 0.477 e. The highest BCUT2D eigenvalue weighted by molar-refractivity contribution is 5.89. The maximum absolute atomic E-state index is 15.6. The van der Waals surface area contributed by atoms with Crippen LogP contribution in [0.3, 0.4) is 0 Å². The Morgan fingerprint density at radius 2 is 1.95 bits per heavy atom. The molecule has 1 amide bonds. The van der Waals surface area contributed by atoms with E-state index in [1.165, 1.54) is 6.07 Å². The molecule has 1 aromatic carbocycles. The number of carboxylic acids is 1. The molecule has 1 saturated carbocycles. The number of nitrogens with zero attached hydrogens (tertiary/aromatic N) is 3. The van der Waals surface area contributed by atoms with E-state index in [1.807, 2.05) is 35.2 Å². The second kappa shape index (κ2) is 9.43. The van der Waals surface area contributed by atoms with Crippen LogP contribution in [0.1, 0.15) is 45.8 Å². The summed E-state index contributed by atoms with van der Waals surface area (Å²) in [6, 6.07) is 10.6. The van der Waals surface area contributed by atoms with E-state index in [1.54, 1.807) is 11.8 Å². The lowest BCUT2D eigenvalue weighted by atomic mass is 10.0. The number of aryl methyl sites for hydroxylation is 1. The van der Waals surface area contributed by atoms with Gasteiger partial charge in [0.1, 0.15) is 12.2 Å². The second-order valence-electron chi connectivity index (χ2n) is 10.2. The van der Waals surface area contributed by atoms with Crippen molar-refractivity contribution in [1.29, 1.82) is 0 Å². The summed E-state index contributed by atoms with van der Waals surface area (Å²) in [5.41, 5.74) is 1.98. The van der Waals surface area contributed by atoms with Crippen molar-refractivity contribution in [2.75, 3.05) is 31.1 Å². The molecule has 3 aliphatic rings. The Bertz CT molecular complexity index is 1490. The smallest absolute Gasteiger partial charge is 0.410 e. The number of anilines is 1. The van der Waals surface area contributed by atoms with Crippen molar-refractivity contribution in [2.24, 2.45) is 0 Å². The minimum atomic E-state index is -1.33. The van der Waals surface area contributed by atoms with Crippen molar-refractivity contribution < 1.29 is 28.6 Å². The number of amides is 1. The van der Waals surface area contributed by atoms with Crippen LogP contribution >= 0.6 is 0 Å². The number of hydrogen-bond acceptors (Lipinski definition) is 6. The lowest BCUT2D eigenvalue weighted by molar-refractivity contribution is -0.0441. The number of hydrogen-bond donors (Lipinski definition) is 1. The van der Waals surface area contributed by atoms with Crippen LogP contribution in [0.25, 0.3) is 5.52 Å². The molecule has 1 N–H and O–H groups in total.